The van der Waals surface area contributed by atoms with Crippen molar-refractivity contribution in [2.24, 2.45) is 11.7 Å². The number of nitrogens with two attached hydrogens (primary N) is 1. The predicted octanol–water partition coefficient (Wildman–Crippen LogP) is 3.22. The molecule has 2 rings (SSSR count). The second kappa shape index (κ2) is 11.2. The lowest BCUT2D eigenvalue weighted by Crippen LogP contribution is -2.49. The fourth-order valence-corrected chi connectivity index (χ4v) is 2.80. The van der Waals surface area contributed by atoms with Gasteiger partial charge in [0, 0.05) is 6.42 Å². The molecule has 0 aliphatic heterocycles. The fourth-order valence-electron chi connectivity index (χ4n) is 2.80. The number of hydrogen-bond donors (Lipinski definition) is 2. The largest absolute Gasteiger partial charge is 0.459 e. The third-order valence-electron chi connectivity index (χ3n) is 4.50. The summed E-state index contributed by atoms with van der Waals surface area (Å²) in [5, 5.41) is 2.79. The molecule has 0 aromatic heterocycles. The lowest BCUT2D eigenvalue weighted by molar-refractivity contribution is -0.149. The average molecular weight is 383 g/mol. The first-order chi connectivity index (χ1) is 13.5. The molecule has 0 radical (unpaired) electrons. The molecule has 28 heavy (non-hydrogen) atoms. The van der Waals surface area contributed by atoms with Crippen LogP contribution in [0, 0.1) is 5.92 Å². The van der Waals surface area contributed by atoms with E-state index in [1.165, 1.54) is 0 Å². The smallest absolute Gasteiger partial charge is 0.329 e. The van der Waals surface area contributed by atoms with E-state index < -0.39 is 18.1 Å². The zero-order valence-electron chi connectivity index (χ0n) is 16.6. The van der Waals surface area contributed by atoms with Crippen molar-refractivity contribution in [3.05, 3.63) is 71.8 Å². The maximum atomic E-state index is 12.7. The van der Waals surface area contributed by atoms with Crippen LogP contribution in [0.25, 0.3) is 0 Å². The molecule has 3 N–H and O–H groups in total. The molecule has 2 atom stereocenters. The molecule has 0 heterocycles. The van der Waals surface area contributed by atoms with Gasteiger partial charge in [-0.05, 0) is 29.9 Å². The summed E-state index contributed by atoms with van der Waals surface area (Å²) in [6.07, 6.45) is 1.80. The lowest BCUT2D eigenvalue weighted by atomic mass is 10.0. The summed E-state index contributed by atoms with van der Waals surface area (Å²) in [5.41, 5.74) is 7.85. The summed E-state index contributed by atoms with van der Waals surface area (Å²) < 4.78 is 5.45. The number of benzene rings is 2. The van der Waals surface area contributed by atoms with Gasteiger partial charge >= 0.3 is 5.97 Å². The van der Waals surface area contributed by atoms with E-state index in [0.29, 0.717) is 18.8 Å². The summed E-state index contributed by atoms with van der Waals surface area (Å²) >= 11 is 0. The van der Waals surface area contributed by atoms with Gasteiger partial charge in [-0.2, -0.15) is 0 Å². The minimum Gasteiger partial charge on any atom is -0.459 e. The van der Waals surface area contributed by atoms with Crippen LogP contribution in [0.3, 0.4) is 0 Å². The van der Waals surface area contributed by atoms with Gasteiger partial charge in [-0.3, -0.25) is 4.79 Å². The number of carbonyl (C=O) groups is 2. The number of ether oxygens (including phenoxy) is 1. The molecule has 0 saturated heterocycles. The monoisotopic (exact) mass is 382 g/mol. The number of nitrogens with one attached hydrogen (secondary N) is 1. The highest BCUT2D eigenvalue weighted by molar-refractivity contribution is 5.87. The molecule has 5 nitrogen and oxygen atoms in total. The van der Waals surface area contributed by atoms with Gasteiger partial charge in [-0.25, -0.2) is 4.79 Å². The van der Waals surface area contributed by atoms with E-state index in [4.69, 9.17) is 10.5 Å². The normalized spacial score (nSPS) is 13.0. The van der Waals surface area contributed by atoms with Crippen LogP contribution in [-0.4, -0.2) is 24.0 Å². The van der Waals surface area contributed by atoms with Crippen molar-refractivity contribution < 1.29 is 14.3 Å². The summed E-state index contributed by atoms with van der Waals surface area (Å²) in [5.74, 6) is -0.315. The van der Waals surface area contributed by atoms with Gasteiger partial charge in [0.1, 0.15) is 12.6 Å². The number of rotatable bonds is 10. The van der Waals surface area contributed by atoms with Crippen molar-refractivity contribution in [2.75, 3.05) is 0 Å². The first kappa shape index (κ1) is 21.6. The summed E-state index contributed by atoms with van der Waals surface area (Å²) in [7, 11) is 0. The Hall–Kier alpha value is -2.66. The standard InChI is InChI=1S/C23H30N2O3/c1-17(2)13-14-20(24)22(26)25-21(15-18-9-5-3-6-10-18)23(27)28-16-19-11-7-4-8-12-19/h3-12,17,20-21H,13-16,24H2,1-2H3,(H,25,26)/t20-,21-/m0/s1. The molecule has 0 bridgehead atoms. The van der Waals surface area contributed by atoms with E-state index in [1.807, 2.05) is 60.7 Å². The molecule has 0 saturated carbocycles. The zero-order valence-corrected chi connectivity index (χ0v) is 16.6. The van der Waals surface area contributed by atoms with E-state index in [9.17, 15) is 9.59 Å². The van der Waals surface area contributed by atoms with Crippen LogP contribution in [0.15, 0.2) is 60.7 Å². The predicted molar refractivity (Wildman–Crippen MR) is 110 cm³/mol. The highest BCUT2D eigenvalue weighted by atomic mass is 16.5. The van der Waals surface area contributed by atoms with E-state index in [-0.39, 0.29) is 12.5 Å². The fraction of sp³-hybridized carbons (Fsp3) is 0.391. The van der Waals surface area contributed by atoms with Crippen LogP contribution < -0.4 is 11.1 Å². The van der Waals surface area contributed by atoms with Crippen LogP contribution in [0.5, 0.6) is 0 Å². The highest BCUT2D eigenvalue weighted by Crippen LogP contribution is 2.09. The molecule has 150 valence electrons. The van der Waals surface area contributed by atoms with Crippen LogP contribution in [0.1, 0.15) is 37.8 Å². The Bertz CT molecular complexity index is 732. The van der Waals surface area contributed by atoms with Crippen molar-refractivity contribution in [3.8, 4) is 0 Å². The van der Waals surface area contributed by atoms with Gasteiger partial charge in [0.15, 0.2) is 0 Å². The van der Waals surface area contributed by atoms with Crippen LogP contribution in [-0.2, 0) is 27.4 Å². The van der Waals surface area contributed by atoms with E-state index in [2.05, 4.69) is 19.2 Å². The van der Waals surface area contributed by atoms with Gasteiger partial charge in [0.2, 0.25) is 5.91 Å². The zero-order chi connectivity index (χ0) is 20.4. The SMILES string of the molecule is CC(C)CC[C@H](N)C(=O)N[C@@H](Cc1ccccc1)C(=O)OCc1ccccc1. The Balaban J connectivity index is 2.01. The van der Waals surface area contributed by atoms with Gasteiger partial charge in [-0.15, -0.1) is 0 Å². The molecule has 2 aromatic rings. The molecular formula is C23H30N2O3. The Labute approximate surface area is 167 Å². The average Bonchev–Trinajstić information content (AvgIpc) is 2.71. The van der Waals surface area contributed by atoms with Crippen molar-refractivity contribution in [2.45, 2.75) is 51.8 Å². The van der Waals surface area contributed by atoms with E-state index in [0.717, 1.165) is 17.5 Å². The lowest BCUT2D eigenvalue weighted by Gasteiger charge is -2.20. The minimum atomic E-state index is -0.774. The van der Waals surface area contributed by atoms with Crippen molar-refractivity contribution in [1.82, 2.24) is 5.32 Å². The van der Waals surface area contributed by atoms with E-state index in [1.54, 1.807) is 0 Å². The number of amides is 1. The molecule has 0 aliphatic rings. The Morgan fingerprint density at radius 2 is 1.50 bits per heavy atom. The molecule has 0 unspecified atom stereocenters. The third kappa shape index (κ3) is 7.53. The quantitative estimate of drug-likeness (QED) is 0.618. The molecule has 5 heteroatoms. The third-order valence-corrected chi connectivity index (χ3v) is 4.50. The van der Waals surface area contributed by atoms with E-state index >= 15 is 0 Å². The maximum Gasteiger partial charge on any atom is 0.329 e. The molecule has 2 aromatic carbocycles. The second-order valence-electron chi connectivity index (χ2n) is 7.42. The molecule has 0 aliphatic carbocycles. The Morgan fingerprint density at radius 3 is 2.07 bits per heavy atom. The molecule has 0 spiro atoms. The van der Waals surface area contributed by atoms with Gasteiger partial charge in [0.25, 0.3) is 0 Å². The molecular weight excluding hydrogens is 352 g/mol. The maximum absolute atomic E-state index is 12.7. The Morgan fingerprint density at radius 1 is 0.929 bits per heavy atom. The number of hydrogen-bond acceptors (Lipinski definition) is 4. The van der Waals surface area contributed by atoms with Crippen LogP contribution >= 0.6 is 0 Å². The van der Waals surface area contributed by atoms with Crippen molar-refractivity contribution in [1.29, 1.82) is 0 Å². The summed E-state index contributed by atoms with van der Waals surface area (Å²) in [6, 6.07) is 17.6. The van der Waals surface area contributed by atoms with Gasteiger partial charge < -0.3 is 15.8 Å². The molecule has 1 amide bonds. The first-order valence-electron chi connectivity index (χ1n) is 9.76. The number of carbonyl (C=O) groups excluding carboxylic acids is 2. The Kier molecular flexibility index (Phi) is 8.69. The first-order valence-corrected chi connectivity index (χ1v) is 9.76. The minimum absolute atomic E-state index is 0.167. The van der Waals surface area contributed by atoms with Gasteiger partial charge in [0.05, 0.1) is 6.04 Å². The summed E-state index contributed by atoms with van der Waals surface area (Å²) in [4.78, 5) is 25.2. The van der Waals surface area contributed by atoms with Crippen molar-refractivity contribution in [3.63, 3.8) is 0 Å². The summed E-state index contributed by atoms with van der Waals surface area (Å²) in [6.45, 7) is 4.34. The molecule has 0 fully saturated rings. The van der Waals surface area contributed by atoms with Crippen LogP contribution in [0.4, 0.5) is 0 Å². The van der Waals surface area contributed by atoms with Gasteiger partial charge in [-0.1, -0.05) is 74.5 Å². The topological polar surface area (TPSA) is 81.4 Å². The van der Waals surface area contributed by atoms with Crippen molar-refractivity contribution >= 4 is 11.9 Å². The highest BCUT2D eigenvalue weighted by Gasteiger charge is 2.25. The van der Waals surface area contributed by atoms with Crippen LogP contribution in [0.2, 0.25) is 0 Å². The second-order valence-corrected chi connectivity index (χ2v) is 7.42. The number of esters is 1.